The maximum atomic E-state index is 6.20. The Morgan fingerprint density at radius 1 is 1.37 bits per heavy atom. The van der Waals surface area contributed by atoms with Crippen molar-refractivity contribution >= 4 is 11.6 Å². The number of hydrogen-bond donors (Lipinski definition) is 1. The maximum absolute atomic E-state index is 6.20. The average molecular weight is 276 g/mol. The quantitative estimate of drug-likeness (QED) is 0.927. The maximum Gasteiger partial charge on any atom is 0.0848 e. The van der Waals surface area contributed by atoms with E-state index < -0.39 is 0 Å². The molecular weight excluding hydrogens is 258 g/mol. The third-order valence-electron chi connectivity index (χ3n) is 3.53. The lowest BCUT2D eigenvalue weighted by atomic mass is 10.2. The molecule has 100 valence electrons. The first-order valence-corrected chi connectivity index (χ1v) is 7.07. The van der Waals surface area contributed by atoms with E-state index in [0.717, 1.165) is 34.7 Å². The van der Waals surface area contributed by atoms with Crippen molar-refractivity contribution in [2.75, 3.05) is 0 Å². The van der Waals surface area contributed by atoms with Crippen molar-refractivity contribution in [3.8, 4) is 5.69 Å². The molecule has 1 aromatic heterocycles. The van der Waals surface area contributed by atoms with Gasteiger partial charge in [0.2, 0.25) is 0 Å². The summed E-state index contributed by atoms with van der Waals surface area (Å²) in [5, 5.41) is 8.77. The molecule has 0 aliphatic heterocycles. The van der Waals surface area contributed by atoms with Crippen LogP contribution in [0.3, 0.4) is 0 Å². The van der Waals surface area contributed by atoms with Gasteiger partial charge in [-0.1, -0.05) is 23.7 Å². The van der Waals surface area contributed by atoms with Crippen molar-refractivity contribution in [1.82, 2.24) is 15.1 Å². The van der Waals surface area contributed by atoms with E-state index in [1.54, 1.807) is 0 Å². The van der Waals surface area contributed by atoms with Crippen LogP contribution in [0.4, 0.5) is 0 Å². The Morgan fingerprint density at radius 3 is 2.79 bits per heavy atom. The van der Waals surface area contributed by atoms with Gasteiger partial charge in [0.15, 0.2) is 0 Å². The Labute approximate surface area is 118 Å². The van der Waals surface area contributed by atoms with Crippen molar-refractivity contribution in [2.45, 2.75) is 39.3 Å². The Kier molecular flexibility index (Phi) is 3.33. The first kappa shape index (κ1) is 12.7. The van der Waals surface area contributed by atoms with Gasteiger partial charge in [-0.25, -0.2) is 4.68 Å². The largest absolute Gasteiger partial charge is 0.310 e. The van der Waals surface area contributed by atoms with E-state index in [9.17, 15) is 0 Å². The molecule has 0 bridgehead atoms. The van der Waals surface area contributed by atoms with E-state index >= 15 is 0 Å². The number of halogens is 1. The molecule has 1 fully saturated rings. The number of rotatable bonds is 4. The lowest BCUT2D eigenvalue weighted by Gasteiger charge is -2.08. The molecule has 1 aliphatic carbocycles. The van der Waals surface area contributed by atoms with Gasteiger partial charge in [-0.2, -0.15) is 5.10 Å². The number of aryl methyl sites for hydroxylation is 1. The highest BCUT2D eigenvalue weighted by Gasteiger charge is 2.20. The van der Waals surface area contributed by atoms with Crippen LogP contribution in [0.2, 0.25) is 5.02 Å². The second-order valence-electron chi connectivity index (χ2n) is 5.22. The van der Waals surface area contributed by atoms with Crippen LogP contribution in [0.1, 0.15) is 29.8 Å². The standard InChI is InChI=1S/C15H18ClN3/c1-10-15(16)11(2)19(18-10)14-5-3-4-12(8-14)9-17-13-6-7-13/h3-5,8,13,17H,6-7,9H2,1-2H3. The summed E-state index contributed by atoms with van der Waals surface area (Å²) in [4.78, 5) is 0. The molecule has 1 aliphatic rings. The van der Waals surface area contributed by atoms with Gasteiger partial charge in [0.05, 0.1) is 22.1 Å². The van der Waals surface area contributed by atoms with E-state index in [2.05, 4.69) is 34.7 Å². The minimum Gasteiger partial charge on any atom is -0.310 e. The van der Waals surface area contributed by atoms with Crippen LogP contribution in [0.25, 0.3) is 5.69 Å². The third kappa shape index (κ3) is 2.67. The first-order chi connectivity index (χ1) is 9.15. The zero-order valence-corrected chi connectivity index (χ0v) is 12.0. The Morgan fingerprint density at radius 2 is 2.16 bits per heavy atom. The molecule has 0 atom stereocenters. The molecule has 0 spiro atoms. The molecule has 3 nitrogen and oxygen atoms in total. The van der Waals surface area contributed by atoms with Crippen LogP contribution in [-0.4, -0.2) is 15.8 Å². The first-order valence-electron chi connectivity index (χ1n) is 6.69. The minimum atomic E-state index is 0.729. The predicted octanol–water partition coefficient (Wildman–Crippen LogP) is 3.39. The smallest absolute Gasteiger partial charge is 0.0848 e. The normalized spacial score (nSPS) is 14.9. The van der Waals surface area contributed by atoms with Gasteiger partial charge >= 0.3 is 0 Å². The molecule has 1 N–H and O–H groups in total. The van der Waals surface area contributed by atoms with Gasteiger partial charge in [0.25, 0.3) is 0 Å². The summed E-state index contributed by atoms with van der Waals surface area (Å²) >= 11 is 6.20. The second-order valence-corrected chi connectivity index (χ2v) is 5.60. The zero-order chi connectivity index (χ0) is 13.4. The Balaban J connectivity index is 1.86. The fourth-order valence-corrected chi connectivity index (χ4v) is 2.34. The molecular formula is C15H18ClN3. The van der Waals surface area contributed by atoms with Crippen LogP contribution in [0.5, 0.6) is 0 Å². The molecule has 1 saturated carbocycles. The summed E-state index contributed by atoms with van der Waals surface area (Å²) < 4.78 is 1.91. The highest BCUT2D eigenvalue weighted by Crippen LogP contribution is 2.23. The molecule has 0 unspecified atom stereocenters. The number of hydrogen-bond acceptors (Lipinski definition) is 2. The second kappa shape index (κ2) is 4.99. The molecule has 19 heavy (non-hydrogen) atoms. The summed E-state index contributed by atoms with van der Waals surface area (Å²) in [5.41, 5.74) is 4.22. The van der Waals surface area contributed by atoms with E-state index in [4.69, 9.17) is 11.6 Å². The number of nitrogens with zero attached hydrogens (tertiary/aromatic N) is 2. The monoisotopic (exact) mass is 275 g/mol. The summed E-state index contributed by atoms with van der Waals surface area (Å²) in [6.45, 7) is 4.85. The molecule has 4 heteroatoms. The van der Waals surface area contributed by atoms with Crippen LogP contribution in [-0.2, 0) is 6.54 Å². The average Bonchev–Trinajstić information content (AvgIpc) is 3.21. The molecule has 2 aromatic rings. The molecule has 1 aromatic carbocycles. The highest BCUT2D eigenvalue weighted by atomic mass is 35.5. The van der Waals surface area contributed by atoms with Crippen LogP contribution in [0.15, 0.2) is 24.3 Å². The van der Waals surface area contributed by atoms with Crippen LogP contribution < -0.4 is 5.32 Å². The lowest BCUT2D eigenvalue weighted by Crippen LogP contribution is -2.15. The van der Waals surface area contributed by atoms with E-state index in [1.165, 1.54) is 18.4 Å². The van der Waals surface area contributed by atoms with Crippen molar-refractivity contribution in [1.29, 1.82) is 0 Å². The van der Waals surface area contributed by atoms with E-state index in [1.807, 2.05) is 18.5 Å². The molecule has 0 radical (unpaired) electrons. The van der Waals surface area contributed by atoms with Crippen LogP contribution >= 0.6 is 11.6 Å². The van der Waals surface area contributed by atoms with Gasteiger partial charge in [0.1, 0.15) is 0 Å². The van der Waals surface area contributed by atoms with Gasteiger partial charge in [-0.3, -0.25) is 0 Å². The lowest BCUT2D eigenvalue weighted by molar-refractivity contribution is 0.686. The molecule has 0 amide bonds. The molecule has 0 saturated heterocycles. The highest BCUT2D eigenvalue weighted by molar-refractivity contribution is 6.31. The van der Waals surface area contributed by atoms with Crippen molar-refractivity contribution < 1.29 is 0 Å². The van der Waals surface area contributed by atoms with E-state index in [-0.39, 0.29) is 0 Å². The summed E-state index contributed by atoms with van der Waals surface area (Å²) in [5.74, 6) is 0. The SMILES string of the molecule is Cc1nn(-c2cccc(CNC3CC3)c2)c(C)c1Cl. The molecule has 3 rings (SSSR count). The Bertz CT molecular complexity index is 599. The van der Waals surface area contributed by atoms with E-state index in [0.29, 0.717) is 0 Å². The van der Waals surface area contributed by atoms with Gasteiger partial charge in [-0.05, 0) is 44.4 Å². The van der Waals surface area contributed by atoms with Crippen LogP contribution in [0, 0.1) is 13.8 Å². The third-order valence-corrected chi connectivity index (χ3v) is 4.08. The van der Waals surface area contributed by atoms with Crippen molar-refractivity contribution in [2.24, 2.45) is 0 Å². The predicted molar refractivity (Wildman–Crippen MR) is 77.9 cm³/mol. The Hall–Kier alpha value is -1.32. The summed E-state index contributed by atoms with van der Waals surface area (Å²) in [6, 6.07) is 9.18. The summed E-state index contributed by atoms with van der Waals surface area (Å²) in [6.07, 6.45) is 2.62. The zero-order valence-electron chi connectivity index (χ0n) is 11.3. The fraction of sp³-hybridized carbons (Fsp3) is 0.400. The number of aromatic nitrogens is 2. The topological polar surface area (TPSA) is 29.9 Å². The van der Waals surface area contributed by atoms with Gasteiger partial charge in [0, 0.05) is 12.6 Å². The van der Waals surface area contributed by atoms with Crippen molar-refractivity contribution in [3.63, 3.8) is 0 Å². The molecule has 1 heterocycles. The number of benzene rings is 1. The minimum absolute atomic E-state index is 0.729. The number of nitrogens with one attached hydrogen (secondary N) is 1. The van der Waals surface area contributed by atoms with Crippen molar-refractivity contribution in [3.05, 3.63) is 46.2 Å². The van der Waals surface area contributed by atoms with Gasteiger partial charge in [-0.15, -0.1) is 0 Å². The fourth-order valence-electron chi connectivity index (χ4n) is 2.22. The summed E-state index contributed by atoms with van der Waals surface area (Å²) in [7, 11) is 0. The van der Waals surface area contributed by atoms with Gasteiger partial charge < -0.3 is 5.32 Å².